The molecule has 0 radical (unpaired) electrons. The van der Waals surface area contributed by atoms with Gasteiger partial charge in [-0.1, -0.05) is 11.6 Å². The average molecular weight is 396 g/mol. The lowest BCUT2D eigenvalue weighted by atomic mass is 10.1. The van der Waals surface area contributed by atoms with Crippen LogP contribution in [0.2, 0.25) is 5.02 Å². The second kappa shape index (κ2) is 7.21. The molecule has 6 nitrogen and oxygen atoms in total. The lowest BCUT2D eigenvalue weighted by Crippen LogP contribution is -2.55. The number of piperazine rings is 1. The molecule has 1 unspecified atom stereocenters. The van der Waals surface area contributed by atoms with E-state index in [0.29, 0.717) is 32.2 Å². The van der Waals surface area contributed by atoms with Crippen LogP contribution in [0.15, 0.2) is 12.1 Å². The number of nitro groups is 1. The summed E-state index contributed by atoms with van der Waals surface area (Å²) in [7, 11) is 0. The molecular weight excluding hydrogens is 375 g/mol. The van der Waals surface area contributed by atoms with E-state index in [-0.39, 0.29) is 11.7 Å². The molecule has 0 bridgehead atoms. The van der Waals surface area contributed by atoms with Gasteiger partial charge in [-0.15, -0.1) is 0 Å². The van der Waals surface area contributed by atoms with Gasteiger partial charge < -0.3 is 10.0 Å². The first kappa shape index (κ1) is 20.7. The molecule has 0 aliphatic carbocycles. The first-order valence-corrected chi connectivity index (χ1v) is 8.44. The second-order valence-corrected chi connectivity index (χ2v) is 7.57. The van der Waals surface area contributed by atoms with Crippen LogP contribution in [0.5, 0.6) is 0 Å². The Bertz CT molecular complexity index is 692. The predicted molar refractivity (Wildman–Crippen MR) is 92.7 cm³/mol. The number of hydrogen-bond donors (Lipinski definition) is 1. The van der Waals surface area contributed by atoms with Crippen molar-refractivity contribution in [3.63, 3.8) is 0 Å². The molecule has 1 aliphatic heterocycles. The molecule has 1 aliphatic rings. The van der Waals surface area contributed by atoms with Crippen LogP contribution in [-0.2, 0) is 6.18 Å². The molecular formula is C16H21ClF3N3O3. The monoisotopic (exact) mass is 395 g/mol. The third-order valence-electron chi connectivity index (χ3n) is 4.20. The van der Waals surface area contributed by atoms with Gasteiger partial charge in [0.15, 0.2) is 0 Å². The first-order chi connectivity index (χ1) is 11.8. The molecule has 1 aromatic rings. The number of halogens is 4. The lowest BCUT2D eigenvalue weighted by Gasteiger charge is -2.42. The fourth-order valence-electron chi connectivity index (χ4n) is 3.23. The zero-order valence-electron chi connectivity index (χ0n) is 14.7. The Morgan fingerprint density at radius 1 is 1.35 bits per heavy atom. The Hall–Kier alpha value is -1.58. The molecule has 2 rings (SSSR count). The Kier molecular flexibility index (Phi) is 5.74. The number of benzene rings is 1. The maximum Gasteiger partial charge on any atom is 0.418 e. The van der Waals surface area contributed by atoms with E-state index in [1.54, 1.807) is 18.7 Å². The highest BCUT2D eigenvalue weighted by molar-refractivity contribution is 6.31. The highest BCUT2D eigenvalue weighted by atomic mass is 35.5. The molecule has 0 amide bonds. The Labute approximate surface area is 154 Å². The van der Waals surface area contributed by atoms with Crippen LogP contribution in [0.3, 0.4) is 0 Å². The number of rotatable bonds is 4. The van der Waals surface area contributed by atoms with Gasteiger partial charge in [-0.3, -0.25) is 15.0 Å². The summed E-state index contributed by atoms with van der Waals surface area (Å²) >= 11 is 5.76. The van der Waals surface area contributed by atoms with Crippen molar-refractivity contribution in [2.75, 3.05) is 31.1 Å². The molecule has 1 atom stereocenters. The minimum Gasteiger partial charge on any atom is -0.389 e. The molecule has 0 aromatic heterocycles. The minimum absolute atomic E-state index is 0.0726. The minimum atomic E-state index is -4.77. The van der Waals surface area contributed by atoms with Gasteiger partial charge in [-0.25, -0.2) is 0 Å². The zero-order valence-corrected chi connectivity index (χ0v) is 15.4. The van der Waals surface area contributed by atoms with Crippen molar-refractivity contribution >= 4 is 23.0 Å². The van der Waals surface area contributed by atoms with Gasteiger partial charge in [0.2, 0.25) is 0 Å². The van der Waals surface area contributed by atoms with Crippen LogP contribution in [0, 0.1) is 10.1 Å². The summed E-state index contributed by atoms with van der Waals surface area (Å²) in [5.74, 6) is 0. The summed E-state index contributed by atoms with van der Waals surface area (Å²) in [6.07, 6.45) is -4.77. The summed E-state index contributed by atoms with van der Waals surface area (Å²) in [5.41, 5.74) is -2.65. The Morgan fingerprint density at radius 2 is 1.96 bits per heavy atom. The topological polar surface area (TPSA) is 69.8 Å². The molecule has 1 aromatic carbocycles. The lowest BCUT2D eigenvalue weighted by molar-refractivity contribution is -0.384. The van der Waals surface area contributed by atoms with E-state index in [9.17, 15) is 28.4 Å². The number of β-amino-alcohol motifs (C(OH)–C–C–N with tert-alkyl or cyclic N) is 1. The molecule has 0 spiro atoms. The highest BCUT2D eigenvalue weighted by Crippen LogP contribution is 2.42. The molecule has 0 saturated carbocycles. The number of anilines is 1. The van der Waals surface area contributed by atoms with Gasteiger partial charge in [-0.05, 0) is 26.8 Å². The van der Waals surface area contributed by atoms with E-state index in [1.165, 1.54) is 0 Å². The average Bonchev–Trinajstić information content (AvgIpc) is 2.43. The third-order valence-corrected chi connectivity index (χ3v) is 4.51. The summed E-state index contributed by atoms with van der Waals surface area (Å²) in [4.78, 5) is 14.2. The third kappa shape index (κ3) is 4.77. The molecule has 10 heteroatoms. The fraction of sp³-hybridized carbons (Fsp3) is 0.625. The van der Waals surface area contributed by atoms with Crippen molar-refractivity contribution in [3.8, 4) is 0 Å². The Morgan fingerprint density at radius 3 is 2.42 bits per heavy atom. The van der Waals surface area contributed by atoms with E-state index < -0.39 is 33.0 Å². The van der Waals surface area contributed by atoms with E-state index in [0.717, 1.165) is 6.07 Å². The second-order valence-electron chi connectivity index (χ2n) is 7.17. The number of alkyl halides is 3. The largest absolute Gasteiger partial charge is 0.418 e. The quantitative estimate of drug-likeness (QED) is 0.623. The maximum atomic E-state index is 13.0. The van der Waals surface area contributed by atoms with Crippen molar-refractivity contribution < 1.29 is 23.2 Å². The summed E-state index contributed by atoms with van der Waals surface area (Å²) < 4.78 is 39.0. The Balaban J connectivity index is 2.34. The summed E-state index contributed by atoms with van der Waals surface area (Å²) in [6, 6.07) is 1.32. The van der Waals surface area contributed by atoms with Crippen molar-refractivity contribution in [3.05, 3.63) is 32.8 Å². The number of nitrogens with zero attached hydrogens (tertiary/aromatic N) is 3. The number of hydrogen-bond acceptors (Lipinski definition) is 5. The molecule has 1 heterocycles. The van der Waals surface area contributed by atoms with Crippen molar-refractivity contribution in [1.29, 1.82) is 0 Å². The van der Waals surface area contributed by atoms with Crippen molar-refractivity contribution in [2.45, 2.75) is 38.6 Å². The molecule has 1 saturated heterocycles. The summed E-state index contributed by atoms with van der Waals surface area (Å²) in [5, 5.41) is 20.7. The van der Waals surface area contributed by atoms with E-state index in [2.05, 4.69) is 0 Å². The van der Waals surface area contributed by atoms with Crippen LogP contribution in [0.1, 0.15) is 26.3 Å². The van der Waals surface area contributed by atoms with Gasteiger partial charge in [0.05, 0.1) is 21.1 Å². The van der Waals surface area contributed by atoms with Gasteiger partial charge in [-0.2, -0.15) is 13.2 Å². The molecule has 1 N–H and O–H groups in total. The molecule has 26 heavy (non-hydrogen) atoms. The van der Waals surface area contributed by atoms with E-state index >= 15 is 0 Å². The summed E-state index contributed by atoms with van der Waals surface area (Å²) in [6.45, 7) is 7.03. The number of nitro benzene ring substituents is 1. The van der Waals surface area contributed by atoms with Crippen LogP contribution in [0.25, 0.3) is 0 Å². The van der Waals surface area contributed by atoms with Gasteiger partial charge in [0, 0.05) is 38.3 Å². The van der Waals surface area contributed by atoms with Crippen LogP contribution in [-0.4, -0.2) is 52.8 Å². The molecule has 1 fully saturated rings. The first-order valence-electron chi connectivity index (χ1n) is 8.06. The van der Waals surface area contributed by atoms with Crippen molar-refractivity contribution in [1.82, 2.24) is 4.90 Å². The van der Waals surface area contributed by atoms with Crippen molar-refractivity contribution in [2.24, 2.45) is 0 Å². The van der Waals surface area contributed by atoms with Gasteiger partial charge in [0.1, 0.15) is 5.69 Å². The SMILES string of the molecule is CC1CN(CC(C)(C)O)CCN1c1cc(Cl)c(C(F)(F)F)cc1[N+](=O)[O-]. The van der Waals surface area contributed by atoms with Crippen LogP contribution < -0.4 is 4.90 Å². The van der Waals surface area contributed by atoms with Crippen LogP contribution >= 0.6 is 11.6 Å². The fourth-order valence-corrected chi connectivity index (χ4v) is 3.49. The van der Waals surface area contributed by atoms with E-state index in [4.69, 9.17) is 11.6 Å². The maximum absolute atomic E-state index is 13.0. The van der Waals surface area contributed by atoms with Gasteiger partial charge in [0.25, 0.3) is 5.69 Å². The standard InChI is InChI=1S/C16H21ClF3N3O3/c1-10-8-21(9-15(2,3)24)4-5-22(10)13-7-12(17)11(16(18,19)20)6-14(13)23(25)26/h6-7,10,24H,4-5,8-9H2,1-3H3. The zero-order chi connectivity index (χ0) is 19.9. The normalized spacial score (nSPS) is 19.7. The van der Waals surface area contributed by atoms with E-state index in [1.807, 2.05) is 11.8 Å². The molecule has 146 valence electrons. The van der Waals surface area contributed by atoms with Gasteiger partial charge >= 0.3 is 6.18 Å². The number of aliphatic hydroxyl groups is 1. The smallest absolute Gasteiger partial charge is 0.389 e. The predicted octanol–water partition coefficient (Wildman–Crippen LogP) is 3.55. The highest BCUT2D eigenvalue weighted by Gasteiger charge is 2.38. The van der Waals surface area contributed by atoms with Crippen LogP contribution in [0.4, 0.5) is 24.5 Å².